The van der Waals surface area contributed by atoms with Crippen molar-refractivity contribution in [3.05, 3.63) is 28.2 Å². The van der Waals surface area contributed by atoms with E-state index in [1.807, 2.05) is 6.92 Å². The molecule has 0 aliphatic carbocycles. The van der Waals surface area contributed by atoms with Gasteiger partial charge in [0.2, 0.25) is 0 Å². The number of halogens is 1. The van der Waals surface area contributed by atoms with Crippen LogP contribution in [0.5, 0.6) is 0 Å². The van der Waals surface area contributed by atoms with Gasteiger partial charge in [-0.1, -0.05) is 6.07 Å². The van der Waals surface area contributed by atoms with Gasteiger partial charge in [-0.05, 0) is 47.5 Å². The quantitative estimate of drug-likeness (QED) is 0.787. The molecule has 5 heteroatoms. The molecule has 0 aliphatic heterocycles. The summed E-state index contributed by atoms with van der Waals surface area (Å²) >= 11 is 3.65. The fourth-order valence-corrected chi connectivity index (χ4v) is 2.76. The van der Waals surface area contributed by atoms with Crippen LogP contribution in [0.1, 0.15) is 25.5 Å². The number of nitrogens with zero attached hydrogens (tertiary/aromatic N) is 1. The molecule has 114 valence electrons. The van der Waals surface area contributed by atoms with Gasteiger partial charge in [0.25, 0.3) is 0 Å². The molecule has 1 unspecified atom stereocenters. The first-order valence-corrected chi connectivity index (χ1v) is 7.60. The first-order valence-electron chi connectivity index (χ1n) is 6.80. The third-order valence-electron chi connectivity index (χ3n) is 3.28. The molecule has 2 N–H and O–H groups in total. The summed E-state index contributed by atoms with van der Waals surface area (Å²) < 4.78 is 11.5. The summed E-state index contributed by atoms with van der Waals surface area (Å²) in [6.45, 7) is 6.29. The van der Waals surface area contributed by atoms with E-state index in [0.717, 1.165) is 22.3 Å². The predicted molar refractivity (Wildman–Crippen MR) is 87.3 cm³/mol. The number of rotatable bonds is 8. The Morgan fingerprint density at radius 1 is 1.25 bits per heavy atom. The fourth-order valence-electron chi connectivity index (χ4n) is 2.14. The van der Waals surface area contributed by atoms with Crippen molar-refractivity contribution in [2.24, 2.45) is 5.73 Å². The molecular formula is C15H25BrN2O2. The molecule has 1 rings (SSSR count). The predicted octanol–water partition coefficient (Wildman–Crippen LogP) is 2.96. The Bertz CT molecular complexity index is 413. The molecule has 20 heavy (non-hydrogen) atoms. The van der Waals surface area contributed by atoms with Gasteiger partial charge in [-0.2, -0.15) is 0 Å². The van der Waals surface area contributed by atoms with Crippen LogP contribution in [0.3, 0.4) is 0 Å². The van der Waals surface area contributed by atoms with Crippen LogP contribution >= 0.6 is 15.9 Å². The van der Waals surface area contributed by atoms with Crippen LogP contribution in [0.15, 0.2) is 22.7 Å². The fraction of sp³-hybridized carbons (Fsp3) is 0.600. The molecule has 0 aromatic heterocycles. The Morgan fingerprint density at radius 2 is 1.95 bits per heavy atom. The number of hydrogen-bond acceptors (Lipinski definition) is 4. The van der Waals surface area contributed by atoms with E-state index in [2.05, 4.69) is 46.0 Å². The van der Waals surface area contributed by atoms with Crippen LogP contribution in [0.25, 0.3) is 0 Å². The van der Waals surface area contributed by atoms with Crippen LogP contribution in [0.4, 0.5) is 5.69 Å². The van der Waals surface area contributed by atoms with Gasteiger partial charge in [0.15, 0.2) is 0 Å². The summed E-state index contributed by atoms with van der Waals surface area (Å²) in [5, 5.41) is 0. The highest BCUT2D eigenvalue weighted by molar-refractivity contribution is 9.10. The lowest BCUT2D eigenvalue weighted by molar-refractivity contribution is 0.171. The number of hydrogen-bond donors (Lipinski definition) is 1. The minimum Gasteiger partial charge on any atom is -0.383 e. The smallest absolute Gasteiger partial charge is 0.0663 e. The van der Waals surface area contributed by atoms with Crippen LogP contribution in [-0.2, 0) is 9.47 Å². The van der Waals surface area contributed by atoms with Gasteiger partial charge in [-0.3, -0.25) is 0 Å². The lowest BCUT2D eigenvalue weighted by Crippen LogP contribution is -2.38. The first-order chi connectivity index (χ1) is 9.51. The molecule has 0 spiro atoms. The summed E-state index contributed by atoms with van der Waals surface area (Å²) in [6.07, 6.45) is 0. The Hall–Kier alpha value is -0.620. The second kappa shape index (κ2) is 8.62. The lowest BCUT2D eigenvalue weighted by atomic mass is 10.1. The van der Waals surface area contributed by atoms with E-state index >= 15 is 0 Å². The summed E-state index contributed by atoms with van der Waals surface area (Å²) in [6, 6.07) is 6.56. The number of methoxy groups -OCH3 is 2. The van der Waals surface area contributed by atoms with Gasteiger partial charge >= 0.3 is 0 Å². The Morgan fingerprint density at radius 3 is 2.45 bits per heavy atom. The van der Waals surface area contributed by atoms with Crippen molar-refractivity contribution in [2.45, 2.75) is 25.9 Å². The van der Waals surface area contributed by atoms with Gasteiger partial charge in [0, 0.05) is 37.3 Å². The second-order valence-corrected chi connectivity index (χ2v) is 5.84. The van der Waals surface area contributed by atoms with Crippen LogP contribution < -0.4 is 10.6 Å². The van der Waals surface area contributed by atoms with E-state index in [1.54, 1.807) is 14.2 Å². The van der Waals surface area contributed by atoms with E-state index in [1.165, 1.54) is 0 Å². The molecule has 0 bridgehead atoms. The number of benzene rings is 1. The van der Waals surface area contributed by atoms with Gasteiger partial charge in [0.05, 0.1) is 18.9 Å². The van der Waals surface area contributed by atoms with Crippen molar-refractivity contribution in [3.63, 3.8) is 0 Å². The van der Waals surface area contributed by atoms with Crippen molar-refractivity contribution in [1.82, 2.24) is 0 Å². The average molecular weight is 345 g/mol. The highest BCUT2D eigenvalue weighted by Crippen LogP contribution is 2.30. The van der Waals surface area contributed by atoms with Crippen LogP contribution in [0.2, 0.25) is 0 Å². The molecule has 0 aliphatic rings. The third kappa shape index (κ3) is 4.74. The van der Waals surface area contributed by atoms with E-state index in [4.69, 9.17) is 15.2 Å². The zero-order chi connectivity index (χ0) is 15.1. The first kappa shape index (κ1) is 17.4. The Labute approximate surface area is 130 Å². The largest absolute Gasteiger partial charge is 0.383 e. The third-order valence-corrected chi connectivity index (χ3v) is 3.92. The maximum atomic E-state index is 5.92. The number of anilines is 1. The average Bonchev–Trinajstić information content (AvgIpc) is 2.40. The van der Waals surface area contributed by atoms with E-state index < -0.39 is 0 Å². The molecule has 0 heterocycles. The zero-order valence-electron chi connectivity index (χ0n) is 12.7. The summed E-state index contributed by atoms with van der Waals surface area (Å²) in [5.41, 5.74) is 8.17. The summed E-state index contributed by atoms with van der Waals surface area (Å²) in [4.78, 5) is 2.28. The van der Waals surface area contributed by atoms with Gasteiger partial charge in [-0.25, -0.2) is 0 Å². The maximum Gasteiger partial charge on any atom is 0.0663 e. The van der Waals surface area contributed by atoms with Gasteiger partial charge < -0.3 is 20.1 Å². The van der Waals surface area contributed by atoms with Crippen LogP contribution in [-0.4, -0.2) is 40.0 Å². The van der Waals surface area contributed by atoms with Crippen molar-refractivity contribution >= 4 is 21.6 Å². The molecule has 0 saturated carbocycles. The SMILES string of the molecule is COCCN(c1ccc([C@H](C)N)cc1Br)C(C)COC. The zero-order valence-corrected chi connectivity index (χ0v) is 14.3. The molecule has 0 saturated heterocycles. The Balaban J connectivity index is 3.00. The minimum absolute atomic E-state index is 0.0316. The minimum atomic E-state index is 0.0316. The maximum absolute atomic E-state index is 5.92. The van der Waals surface area contributed by atoms with E-state index in [9.17, 15) is 0 Å². The number of nitrogens with two attached hydrogens (primary N) is 1. The molecule has 0 fully saturated rings. The summed E-state index contributed by atoms with van der Waals surface area (Å²) in [5.74, 6) is 0. The molecule has 1 aromatic rings. The van der Waals surface area contributed by atoms with Gasteiger partial charge in [0.1, 0.15) is 0 Å². The molecular weight excluding hydrogens is 320 g/mol. The van der Waals surface area contributed by atoms with Crippen molar-refractivity contribution in [2.75, 3.05) is 38.9 Å². The standard InChI is InChI=1S/C15H25BrN2O2/c1-11(10-20-4)18(7-8-19-3)15-6-5-13(12(2)17)9-14(15)16/h5-6,9,11-12H,7-8,10,17H2,1-4H3/t11?,12-/m0/s1. The molecule has 4 nitrogen and oxygen atoms in total. The molecule has 0 radical (unpaired) electrons. The van der Waals surface area contributed by atoms with Gasteiger partial charge in [-0.15, -0.1) is 0 Å². The molecule has 1 aromatic carbocycles. The Kier molecular flexibility index (Phi) is 7.51. The van der Waals surface area contributed by atoms with Crippen molar-refractivity contribution in [1.29, 1.82) is 0 Å². The van der Waals surface area contributed by atoms with Crippen molar-refractivity contribution in [3.8, 4) is 0 Å². The number of ether oxygens (including phenoxy) is 2. The topological polar surface area (TPSA) is 47.7 Å². The highest BCUT2D eigenvalue weighted by Gasteiger charge is 2.17. The summed E-state index contributed by atoms with van der Waals surface area (Å²) in [7, 11) is 3.44. The highest BCUT2D eigenvalue weighted by atomic mass is 79.9. The lowest BCUT2D eigenvalue weighted by Gasteiger charge is -2.32. The molecule has 0 amide bonds. The van der Waals surface area contributed by atoms with Crippen molar-refractivity contribution < 1.29 is 9.47 Å². The second-order valence-electron chi connectivity index (χ2n) is 4.99. The molecule has 2 atom stereocenters. The monoisotopic (exact) mass is 344 g/mol. The normalized spacial score (nSPS) is 14.1. The van der Waals surface area contributed by atoms with Crippen LogP contribution in [0, 0.1) is 0 Å². The van der Waals surface area contributed by atoms with E-state index in [0.29, 0.717) is 13.2 Å². The van der Waals surface area contributed by atoms with E-state index in [-0.39, 0.29) is 12.1 Å².